The van der Waals surface area contributed by atoms with Gasteiger partial charge in [-0.2, -0.15) is 15.3 Å². The summed E-state index contributed by atoms with van der Waals surface area (Å²) in [7, 11) is 0. The van der Waals surface area contributed by atoms with Gasteiger partial charge < -0.3 is 20.3 Å². The molecule has 10 heteroatoms. The van der Waals surface area contributed by atoms with E-state index in [0.717, 1.165) is 36.5 Å². The van der Waals surface area contributed by atoms with Crippen LogP contribution in [0.5, 0.6) is 0 Å². The first-order valence-corrected chi connectivity index (χ1v) is 12.6. The van der Waals surface area contributed by atoms with Crippen LogP contribution < -0.4 is 15.5 Å². The number of hydrogen-bond donors (Lipinski definition) is 3. The Morgan fingerprint density at radius 2 is 1.97 bits per heavy atom. The van der Waals surface area contributed by atoms with Gasteiger partial charge in [-0.1, -0.05) is 19.1 Å². The van der Waals surface area contributed by atoms with Gasteiger partial charge in [-0.3, -0.25) is 5.10 Å². The molecule has 1 saturated carbocycles. The zero-order valence-corrected chi connectivity index (χ0v) is 21.6. The van der Waals surface area contributed by atoms with E-state index < -0.39 is 5.60 Å². The monoisotopic (exact) mass is 500 g/mol. The molecule has 1 amide bonds. The lowest BCUT2D eigenvalue weighted by molar-refractivity contribution is 0.0518. The molecule has 37 heavy (non-hydrogen) atoms. The highest BCUT2D eigenvalue weighted by Gasteiger charge is 2.57. The van der Waals surface area contributed by atoms with E-state index in [1.807, 2.05) is 51.1 Å². The molecule has 3 aromatic rings. The number of carbonyl (C=O) groups is 1. The van der Waals surface area contributed by atoms with Crippen molar-refractivity contribution in [2.45, 2.75) is 52.2 Å². The smallest absolute Gasteiger partial charge is 0.407 e. The van der Waals surface area contributed by atoms with Crippen molar-refractivity contribution in [2.24, 2.45) is 11.8 Å². The van der Waals surface area contributed by atoms with Gasteiger partial charge >= 0.3 is 6.09 Å². The van der Waals surface area contributed by atoms with Gasteiger partial charge in [0.15, 0.2) is 5.82 Å². The number of H-pyrrole nitrogens is 1. The molecule has 1 saturated heterocycles. The van der Waals surface area contributed by atoms with Crippen molar-refractivity contribution < 1.29 is 9.53 Å². The van der Waals surface area contributed by atoms with E-state index >= 15 is 0 Å². The number of rotatable bonds is 7. The van der Waals surface area contributed by atoms with Gasteiger partial charge in [-0.15, -0.1) is 0 Å². The standard InChI is InChI=1S/C27H32N8O2/c1-5-18-11-23(34-33-18)30-22-12-19(10-16-7-6-8-17(9-16)13-28)29-25(31-22)35-14-20-21(15-35)24(20)32-26(36)37-27(2,3)4/h6-9,11-12,20-21,24H,5,10,14-15H2,1-4H3,(H,32,36)(H2,29,30,31,33,34)/t20-,21+,24+. The fourth-order valence-corrected chi connectivity index (χ4v) is 4.82. The van der Waals surface area contributed by atoms with Crippen molar-refractivity contribution in [3.8, 4) is 6.07 Å². The lowest BCUT2D eigenvalue weighted by atomic mass is 10.1. The summed E-state index contributed by atoms with van der Waals surface area (Å²) in [6, 6.07) is 13.8. The molecule has 0 radical (unpaired) electrons. The Labute approximate surface area is 216 Å². The van der Waals surface area contributed by atoms with Crippen LogP contribution in [0.2, 0.25) is 0 Å². The molecule has 1 aromatic carbocycles. The molecule has 0 spiro atoms. The third-order valence-electron chi connectivity index (χ3n) is 6.64. The highest BCUT2D eigenvalue weighted by molar-refractivity contribution is 5.69. The molecule has 0 unspecified atom stereocenters. The average Bonchev–Trinajstić information content (AvgIpc) is 3.20. The van der Waals surface area contributed by atoms with E-state index in [1.165, 1.54) is 0 Å². The Morgan fingerprint density at radius 3 is 2.65 bits per heavy atom. The number of fused-ring (bicyclic) bond motifs is 1. The molecule has 0 bridgehead atoms. The van der Waals surface area contributed by atoms with E-state index in [4.69, 9.17) is 14.7 Å². The normalized spacial score (nSPS) is 20.2. The number of nitrogens with zero attached hydrogens (tertiary/aromatic N) is 5. The molecule has 3 atom stereocenters. The second-order valence-corrected chi connectivity index (χ2v) is 10.7. The van der Waals surface area contributed by atoms with Gasteiger partial charge in [0.1, 0.15) is 11.4 Å². The number of hydrogen-bond acceptors (Lipinski definition) is 8. The fraction of sp³-hybridized carbons (Fsp3) is 0.444. The molecular weight excluding hydrogens is 468 g/mol. The maximum absolute atomic E-state index is 12.2. The van der Waals surface area contributed by atoms with Crippen molar-refractivity contribution in [1.82, 2.24) is 25.5 Å². The number of aromatic nitrogens is 4. The van der Waals surface area contributed by atoms with E-state index in [-0.39, 0.29) is 12.1 Å². The Hall–Kier alpha value is -4.13. The quantitative estimate of drug-likeness (QED) is 0.445. The summed E-state index contributed by atoms with van der Waals surface area (Å²) >= 11 is 0. The molecule has 2 fully saturated rings. The number of aromatic amines is 1. The molecule has 1 aliphatic carbocycles. The molecule has 192 valence electrons. The minimum atomic E-state index is -0.517. The molecule has 10 nitrogen and oxygen atoms in total. The summed E-state index contributed by atoms with van der Waals surface area (Å²) < 4.78 is 5.41. The topological polar surface area (TPSA) is 132 Å². The van der Waals surface area contributed by atoms with E-state index in [2.05, 4.69) is 38.7 Å². The summed E-state index contributed by atoms with van der Waals surface area (Å²) in [4.78, 5) is 24.0. The number of benzene rings is 1. The molecule has 5 rings (SSSR count). The van der Waals surface area contributed by atoms with Crippen LogP contribution in [0.3, 0.4) is 0 Å². The first kappa shape index (κ1) is 24.6. The number of amides is 1. The van der Waals surface area contributed by atoms with Crippen molar-refractivity contribution in [2.75, 3.05) is 23.3 Å². The average molecular weight is 501 g/mol. The van der Waals surface area contributed by atoms with Crippen LogP contribution in [0.25, 0.3) is 0 Å². The van der Waals surface area contributed by atoms with Crippen molar-refractivity contribution >= 4 is 23.7 Å². The van der Waals surface area contributed by atoms with Gasteiger partial charge in [0.2, 0.25) is 5.95 Å². The van der Waals surface area contributed by atoms with Crippen LogP contribution in [-0.2, 0) is 17.6 Å². The third kappa shape index (κ3) is 5.82. The van der Waals surface area contributed by atoms with Crippen LogP contribution in [0.1, 0.15) is 50.2 Å². The van der Waals surface area contributed by atoms with E-state index in [1.54, 1.807) is 6.07 Å². The van der Waals surface area contributed by atoms with E-state index in [9.17, 15) is 10.1 Å². The number of nitrogens with one attached hydrogen (secondary N) is 3. The number of anilines is 3. The van der Waals surface area contributed by atoms with Crippen LogP contribution in [0, 0.1) is 23.2 Å². The summed E-state index contributed by atoms with van der Waals surface area (Å²) in [5.74, 6) is 2.70. The lowest BCUT2D eigenvalue weighted by Gasteiger charge is -2.23. The Bertz CT molecular complexity index is 1330. The number of alkyl carbamates (subject to hydrolysis) is 1. The lowest BCUT2D eigenvalue weighted by Crippen LogP contribution is -2.38. The van der Waals surface area contributed by atoms with Crippen LogP contribution in [0.15, 0.2) is 36.4 Å². The van der Waals surface area contributed by atoms with Gasteiger partial charge in [-0.25, -0.2) is 9.78 Å². The largest absolute Gasteiger partial charge is 0.444 e. The third-order valence-corrected chi connectivity index (χ3v) is 6.64. The maximum atomic E-state index is 12.2. The molecule has 2 aromatic heterocycles. The number of carbonyl (C=O) groups excluding carboxylic acids is 1. The second kappa shape index (κ2) is 9.73. The Morgan fingerprint density at radius 1 is 1.19 bits per heavy atom. The highest BCUT2D eigenvalue weighted by atomic mass is 16.6. The van der Waals surface area contributed by atoms with Crippen LogP contribution >= 0.6 is 0 Å². The number of ether oxygens (including phenoxy) is 1. The Kier molecular flexibility index (Phi) is 6.46. The summed E-state index contributed by atoms with van der Waals surface area (Å²) in [5.41, 5.74) is 2.99. The zero-order chi connectivity index (χ0) is 26.2. The highest BCUT2D eigenvalue weighted by Crippen LogP contribution is 2.46. The van der Waals surface area contributed by atoms with Gasteiger partial charge in [-0.05, 0) is 44.9 Å². The SMILES string of the molecule is CCc1cc(Nc2cc(Cc3cccc(C#N)c3)nc(N3C[C@@H]4[C@H](C3)[C@H]4NC(=O)OC(C)(C)C)n2)n[nH]1. The van der Waals surface area contributed by atoms with Crippen LogP contribution in [-0.4, -0.2) is 51.0 Å². The van der Waals surface area contributed by atoms with E-state index in [0.29, 0.717) is 41.4 Å². The fourth-order valence-electron chi connectivity index (χ4n) is 4.82. The first-order valence-electron chi connectivity index (χ1n) is 12.6. The predicted molar refractivity (Wildman–Crippen MR) is 140 cm³/mol. The first-order chi connectivity index (χ1) is 17.7. The minimum absolute atomic E-state index is 0.122. The number of piperidine rings is 1. The van der Waals surface area contributed by atoms with Gasteiger partial charge in [0.05, 0.1) is 17.3 Å². The zero-order valence-electron chi connectivity index (χ0n) is 21.6. The summed E-state index contributed by atoms with van der Waals surface area (Å²) in [6.45, 7) is 9.18. The predicted octanol–water partition coefficient (Wildman–Crippen LogP) is 3.93. The number of aryl methyl sites for hydroxylation is 1. The maximum Gasteiger partial charge on any atom is 0.407 e. The molecular formula is C27H32N8O2. The van der Waals surface area contributed by atoms with Crippen LogP contribution in [0.4, 0.5) is 22.4 Å². The Balaban J connectivity index is 1.32. The van der Waals surface area contributed by atoms with Crippen molar-refractivity contribution in [3.63, 3.8) is 0 Å². The summed E-state index contributed by atoms with van der Waals surface area (Å²) in [5, 5.41) is 22.9. The molecule has 3 N–H and O–H groups in total. The van der Waals surface area contributed by atoms with Gasteiger partial charge in [0.25, 0.3) is 0 Å². The molecule has 3 heterocycles. The summed E-state index contributed by atoms with van der Waals surface area (Å²) in [6.07, 6.45) is 1.07. The number of nitriles is 1. The van der Waals surface area contributed by atoms with Crippen molar-refractivity contribution in [1.29, 1.82) is 5.26 Å². The molecule has 1 aliphatic heterocycles. The van der Waals surface area contributed by atoms with Gasteiger partial charge in [0, 0.05) is 55.2 Å². The molecule has 2 aliphatic rings. The minimum Gasteiger partial charge on any atom is -0.444 e. The second-order valence-electron chi connectivity index (χ2n) is 10.7. The van der Waals surface area contributed by atoms with Crippen molar-refractivity contribution in [3.05, 3.63) is 58.9 Å².